The number of aromatic nitrogens is 1. The van der Waals surface area contributed by atoms with Crippen LogP contribution in [0.2, 0.25) is 0 Å². The number of nitrogens with zero attached hydrogens (tertiary/aromatic N) is 1. The van der Waals surface area contributed by atoms with Crippen molar-refractivity contribution in [3.05, 3.63) is 65.7 Å². The maximum atomic E-state index is 12.8. The molecule has 0 radical (unpaired) electrons. The molecule has 3 nitrogen and oxygen atoms in total. The van der Waals surface area contributed by atoms with E-state index in [1.165, 1.54) is 12.1 Å². The van der Waals surface area contributed by atoms with Crippen molar-refractivity contribution in [2.75, 3.05) is 0 Å². The van der Waals surface area contributed by atoms with Crippen LogP contribution in [0.15, 0.2) is 48.7 Å². The van der Waals surface area contributed by atoms with Crippen molar-refractivity contribution in [3.63, 3.8) is 0 Å². The van der Waals surface area contributed by atoms with Crippen LogP contribution in [0.5, 0.6) is 0 Å². The van der Waals surface area contributed by atoms with Gasteiger partial charge in [-0.1, -0.05) is 30.3 Å². The summed E-state index contributed by atoms with van der Waals surface area (Å²) >= 11 is 0. The number of benzene rings is 1. The first-order valence-corrected chi connectivity index (χ1v) is 5.71. The lowest BCUT2D eigenvalue weighted by atomic mass is 10.1. The van der Waals surface area contributed by atoms with E-state index in [4.69, 9.17) is 0 Å². The van der Waals surface area contributed by atoms with E-state index in [0.717, 1.165) is 11.8 Å². The molecule has 1 aromatic heterocycles. The summed E-state index contributed by atoms with van der Waals surface area (Å²) in [6.45, 7) is 2.10. The van der Waals surface area contributed by atoms with Gasteiger partial charge in [0.1, 0.15) is 5.82 Å². The molecule has 1 aromatic carbocycles. The molecule has 2 N–H and O–H groups in total. The van der Waals surface area contributed by atoms with Crippen LogP contribution >= 0.6 is 0 Å². The summed E-state index contributed by atoms with van der Waals surface area (Å²) in [4.78, 5) is 3.87. The quantitative estimate of drug-likeness (QED) is 0.813. The number of aliphatic hydroxyl groups is 1. The Balaban J connectivity index is 2.05. The van der Waals surface area contributed by atoms with Gasteiger partial charge in [0.2, 0.25) is 0 Å². The number of nitrogens with one attached hydrogen (secondary N) is 1. The van der Waals surface area contributed by atoms with E-state index in [0.29, 0.717) is 12.2 Å². The molecule has 94 valence electrons. The van der Waals surface area contributed by atoms with Crippen molar-refractivity contribution in [2.24, 2.45) is 0 Å². The first kappa shape index (κ1) is 12.7. The number of hydrogen-bond donors (Lipinski definition) is 2. The fourth-order valence-electron chi connectivity index (χ4n) is 1.62. The minimum Gasteiger partial charge on any atom is -0.370 e. The highest BCUT2D eigenvalue weighted by molar-refractivity contribution is 5.16. The van der Waals surface area contributed by atoms with E-state index < -0.39 is 11.5 Å². The van der Waals surface area contributed by atoms with Gasteiger partial charge in [-0.2, -0.15) is 0 Å². The summed E-state index contributed by atoms with van der Waals surface area (Å²) in [7, 11) is 0. The molecule has 0 bridgehead atoms. The molecule has 2 rings (SSSR count). The van der Waals surface area contributed by atoms with Gasteiger partial charge in [-0.3, -0.25) is 10.3 Å². The van der Waals surface area contributed by atoms with Crippen LogP contribution in [0.3, 0.4) is 0 Å². The average molecular weight is 246 g/mol. The summed E-state index contributed by atoms with van der Waals surface area (Å²) in [5, 5.41) is 13.2. The van der Waals surface area contributed by atoms with Crippen molar-refractivity contribution in [2.45, 2.75) is 19.2 Å². The number of pyridine rings is 1. The number of halogens is 1. The fourth-order valence-corrected chi connectivity index (χ4v) is 1.62. The van der Waals surface area contributed by atoms with Gasteiger partial charge in [-0.25, -0.2) is 4.39 Å². The third-order valence-corrected chi connectivity index (χ3v) is 2.71. The second-order valence-corrected chi connectivity index (χ2v) is 4.27. The molecule has 0 saturated heterocycles. The van der Waals surface area contributed by atoms with Gasteiger partial charge >= 0.3 is 0 Å². The van der Waals surface area contributed by atoms with E-state index in [2.05, 4.69) is 10.3 Å². The molecule has 0 saturated carbocycles. The van der Waals surface area contributed by atoms with Crippen molar-refractivity contribution in [1.82, 2.24) is 10.3 Å². The first-order valence-electron chi connectivity index (χ1n) is 5.71. The molecule has 1 unspecified atom stereocenters. The van der Waals surface area contributed by atoms with Crippen LogP contribution in [0.25, 0.3) is 0 Å². The summed E-state index contributed by atoms with van der Waals surface area (Å²) < 4.78 is 12.8. The molecule has 18 heavy (non-hydrogen) atoms. The van der Waals surface area contributed by atoms with Gasteiger partial charge in [0.15, 0.2) is 5.72 Å². The average Bonchev–Trinajstić information content (AvgIpc) is 2.38. The highest BCUT2D eigenvalue weighted by Crippen LogP contribution is 2.15. The number of rotatable bonds is 4. The lowest BCUT2D eigenvalue weighted by molar-refractivity contribution is 0.0135. The van der Waals surface area contributed by atoms with Crippen LogP contribution in [0.1, 0.15) is 18.2 Å². The Morgan fingerprint density at radius 1 is 1.22 bits per heavy atom. The molecule has 0 aliphatic rings. The zero-order valence-corrected chi connectivity index (χ0v) is 10.1. The second-order valence-electron chi connectivity index (χ2n) is 4.27. The first-order chi connectivity index (χ1) is 8.58. The largest absolute Gasteiger partial charge is 0.370 e. The van der Waals surface area contributed by atoms with E-state index in [-0.39, 0.29) is 0 Å². The van der Waals surface area contributed by atoms with E-state index in [1.807, 2.05) is 30.3 Å². The molecule has 0 fully saturated rings. The zero-order chi connectivity index (χ0) is 13.0. The number of hydrogen-bond acceptors (Lipinski definition) is 3. The van der Waals surface area contributed by atoms with Crippen LogP contribution in [0.4, 0.5) is 4.39 Å². The van der Waals surface area contributed by atoms with Gasteiger partial charge in [0, 0.05) is 6.54 Å². The molecule has 1 atom stereocenters. The third-order valence-electron chi connectivity index (χ3n) is 2.71. The van der Waals surface area contributed by atoms with Crippen molar-refractivity contribution < 1.29 is 9.50 Å². The Morgan fingerprint density at radius 2 is 1.94 bits per heavy atom. The lowest BCUT2D eigenvalue weighted by Crippen LogP contribution is -2.39. The van der Waals surface area contributed by atoms with E-state index in [9.17, 15) is 9.50 Å². The Hall–Kier alpha value is -1.78. The van der Waals surface area contributed by atoms with E-state index >= 15 is 0 Å². The minimum absolute atomic E-state index is 0.389. The van der Waals surface area contributed by atoms with Crippen LogP contribution in [-0.4, -0.2) is 10.1 Å². The molecular weight excluding hydrogens is 231 g/mol. The molecule has 4 heteroatoms. The molecule has 0 aliphatic heterocycles. The fraction of sp³-hybridized carbons (Fsp3) is 0.214. The molecule has 0 spiro atoms. The third kappa shape index (κ3) is 3.12. The zero-order valence-electron chi connectivity index (χ0n) is 10.1. The molecular formula is C14H15FN2O. The Bertz CT molecular complexity index is 497. The van der Waals surface area contributed by atoms with Crippen LogP contribution in [0, 0.1) is 5.82 Å². The predicted molar refractivity (Wildman–Crippen MR) is 67.0 cm³/mol. The molecule has 0 aliphatic carbocycles. The van der Waals surface area contributed by atoms with Crippen molar-refractivity contribution in [3.8, 4) is 0 Å². The van der Waals surface area contributed by atoms with Gasteiger partial charge < -0.3 is 5.11 Å². The standard InChI is InChI=1S/C14H15FN2O/c1-14(18,13-8-7-12(15)10-16-13)17-9-11-5-3-2-4-6-11/h2-8,10,17-18H,9H2,1H3. The lowest BCUT2D eigenvalue weighted by Gasteiger charge is -2.24. The monoisotopic (exact) mass is 246 g/mol. The Morgan fingerprint density at radius 3 is 2.56 bits per heavy atom. The van der Waals surface area contributed by atoms with Crippen LogP contribution in [-0.2, 0) is 12.3 Å². The molecule has 0 amide bonds. The van der Waals surface area contributed by atoms with Gasteiger partial charge in [0.05, 0.1) is 11.9 Å². The van der Waals surface area contributed by atoms with Crippen molar-refractivity contribution >= 4 is 0 Å². The Labute approximate surface area is 105 Å². The second kappa shape index (κ2) is 5.25. The van der Waals surface area contributed by atoms with E-state index in [1.54, 1.807) is 6.92 Å². The summed E-state index contributed by atoms with van der Waals surface area (Å²) in [6.07, 6.45) is 1.09. The summed E-state index contributed by atoms with van der Waals surface area (Å²) in [5.41, 5.74) is 0.156. The minimum atomic E-state index is -1.29. The summed E-state index contributed by atoms with van der Waals surface area (Å²) in [6, 6.07) is 12.5. The highest BCUT2D eigenvalue weighted by atomic mass is 19.1. The van der Waals surface area contributed by atoms with Crippen LogP contribution < -0.4 is 5.32 Å². The summed E-state index contributed by atoms with van der Waals surface area (Å²) in [5.74, 6) is -0.419. The Kier molecular flexibility index (Phi) is 3.69. The SMILES string of the molecule is CC(O)(NCc1ccccc1)c1ccc(F)cn1. The smallest absolute Gasteiger partial charge is 0.156 e. The van der Waals surface area contributed by atoms with Gasteiger partial charge in [-0.15, -0.1) is 0 Å². The topological polar surface area (TPSA) is 45.1 Å². The van der Waals surface area contributed by atoms with Gasteiger partial charge in [0.25, 0.3) is 0 Å². The molecule has 1 heterocycles. The normalized spacial score (nSPS) is 14.2. The maximum Gasteiger partial charge on any atom is 0.156 e. The highest BCUT2D eigenvalue weighted by Gasteiger charge is 2.23. The predicted octanol–water partition coefficient (Wildman–Crippen LogP) is 2.18. The maximum absolute atomic E-state index is 12.8. The van der Waals surface area contributed by atoms with Crippen molar-refractivity contribution in [1.29, 1.82) is 0 Å². The van der Waals surface area contributed by atoms with Gasteiger partial charge in [-0.05, 0) is 24.6 Å². The molecule has 2 aromatic rings.